The van der Waals surface area contributed by atoms with Gasteiger partial charge in [-0.05, 0) is 66.6 Å². The van der Waals surface area contributed by atoms with E-state index in [4.69, 9.17) is 9.47 Å². The van der Waals surface area contributed by atoms with Crippen molar-refractivity contribution in [3.63, 3.8) is 0 Å². The molecule has 0 saturated carbocycles. The molecule has 2 heterocycles. The maximum absolute atomic E-state index is 13.9. The summed E-state index contributed by atoms with van der Waals surface area (Å²) in [5.74, 6) is 2.34. The van der Waals surface area contributed by atoms with Gasteiger partial charge in [-0.2, -0.15) is 0 Å². The van der Waals surface area contributed by atoms with E-state index in [2.05, 4.69) is 13.8 Å². The summed E-state index contributed by atoms with van der Waals surface area (Å²) in [6.45, 7) is 5.99. The predicted octanol–water partition coefficient (Wildman–Crippen LogP) is 4.69. The van der Waals surface area contributed by atoms with Crippen LogP contribution in [0, 0.1) is 17.8 Å². The van der Waals surface area contributed by atoms with Gasteiger partial charge in [-0.25, -0.2) is 0 Å². The summed E-state index contributed by atoms with van der Waals surface area (Å²) in [5, 5.41) is 0. The standard InChI is InChI=1S/C27H34N2O4/c1-18-15-19(2)17-28(16-18)27(31)24-13-14-25(30)29(21-7-11-23(33-4)12-8-21)26(24)20-5-9-22(32-3)10-6-20/h5-12,18-19,24,26H,13-17H2,1-4H3/t18-,19+,24-,26+/m0/s1. The Kier molecular flexibility index (Phi) is 6.91. The van der Waals surface area contributed by atoms with E-state index in [-0.39, 0.29) is 23.8 Å². The van der Waals surface area contributed by atoms with Crippen LogP contribution in [0.4, 0.5) is 5.69 Å². The first-order chi connectivity index (χ1) is 15.9. The molecule has 0 spiro atoms. The Morgan fingerprint density at radius 1 is 0.879 bits per heavy atom. The van der Waals surface area contributed by atoms with Crippen LogP contribution < -0.4 is 14.4 Å². The minimum atomic E-state index is -0.370. The van der Waals surface area contributed by atoms with Crippen LogP contribution >= 0.6 is 0 Å². The molecule has 2 aromatic rings. The van der Waals surface area contributed by atoms with E-state index >= 15 is 0 Å². The quantitative estimate of drug-likeness (QED) is 0.663. The number of anilines is 1. The first-order valence-electron chi connectivity index (χ1n) is 11.8. The topological polar surface area (TPSA) is 59.1 Å². The van der Waals surface area contributed by atoms with E-state index in [1.165, 1.54) is 0 Å². The molecule has 0 aromatic heterocycles. The fourth-order valence-electron chi connectivity index (χ4n) is 5.46. The smallest absolute Gasteiger partial charge is 0.228 e. The summed E-state index contributed by atoms with van der Waals surface area (Å²) >= 11 is 0. The van der Waals surface area contributed by atoms with Gasteiger partial charge in [0.2, 0.25) is 11.8 Å². The number of likely N-dealkylation sites (tertiary alicyclic amines) is 1. The number of carbonyl (C=O) groups excluding carboxylic acids is 2. The fraction of sp³-hybridized carbons (Fsp3) is 0.481. The highest BCUT2D eigenvalue weighted by Gasteiger charge is 2.43. The van der Waals surface area contributed by atoms with Crippen LogP contribution in [-0.4, -0.2) is 44.0 Å². The van der Waals surface area contributed by atoms with Crippen molar-refractivity contribution >= 4 is 17.5 Å². The maximum Gasteiger partial charge on any atom is 0.228 e. The lowest BCUT2D eigenvalue weighted by Gasteiger charge is -2.44. The summed E-state index contributed by atoms with van der Waals surface area (Å²) in [5.41, 5.74) is 1.72. The lowest BCUT2D eigenvalue weighted by molar-refractivity contribution is -0.141. The Morgan fingerprint density at radius 3 is 1.97 bits per heavy atom. The van der Waals surface area contributed by atoms with Gasteiger partial charge in [0.15, 0.2) is 0 Å². The van der Waals surface area contributed by atoms with Crippen LogP contribution in [0.25, 0.3) is 0 Å². The third-order valence-corrected chi connectivity index (χ3v) is 6.90. The second-order valence-corrected chi connectivity index (χ2v) is 9.51. The van der Waals surface area contributed by atoms with Gasteiger partial charge in [0, 0.05) is 25.2 Å². The van der Waals surface area contributed by atoms with Crippen molar-refractivity contribution in [2.75, 3.05) is 32.2 Å². The zero-order valence-corrected chi connectivity index (χ0v) is 20.0. The van der Waals surface area contributed by atoms with Gasteiger partial charge in [-0.15, -0.1) is 0 Å². The Labute approximate surface area is 196 Å². The lowest BCUT2D eigenvalue weighted by Crippen LogP contribution is -2.52. The number of methoxy groups -OCH3 is 2. The van der Waals surface area contributed by atoms with Crippen molar-refractivity contribution in [3.05, 3.63) is 54.1 Å². The van der Waals surface area contributed by atoms with Gasteiger partial charge in [0.25, 0.3) is 0 Å². The monoisotopic (exact) mass is 450 g/mol. The third-order valence-electron chi connectivity index (χ3n) is 6.90. The van der Waals surface area contributed by atoms with Crippen molar-refractivity contribution < 1.29 is 19.1 Å². The number of benzene rings is 2. The van der Waals surface area contributed by atoms with Crippen molar-refractivity contribution in [3.8, 4) is 11.5 Å². The molecule has 0 radical (unpaired) electrons. The number of amides is 2. The van der Waals surface area contributed by atoms with Crippen LogP contribution in [-0.2, 0) is 9.59 Å². The van der Waals surface area contributed by atoms with E-state index in [1.54, 1.807) is 14.2 Å². The Balaban J connectivity index is 1.73. The third kappa shape index (κ3) is 4.85. The molecule has 4 atom stereocenters. The SMILES string of the molecule is COc1ccc([C@@H]2[C@@H](C(=O)N3C[C@H](C)C[C@H](C)C3)CCC(=O)N2c2ccc(OC)cc2)cc1. The van der Waals surface area contributed by atoms with Crippen molar-refractivity contribution in [2.45, 2.75) is 39.2 Å². The van der Waals surface area contributed by atoms with E-state index in [1.807, 2.05) is 58.3 Å². The lowest BCUT2D eigenvalue weighted by atomic mass is 9.81. The molecule has 6 nitrogen and oxygen atoms in total. The number of rotatable bonds is 5. The summed E-state index contributed by atoms with van der Waals surface area (Å²) in [6, 6.07) is 14.9. The highest BCUT2D eigenvalue weighted by Crippen LogP contribution is 2.42. The normalized spacial score (nSPS) is 25.6. The fourth-order valence-corrected chi connectivity index (χ4v) is 5.46. The first-order valence-corrected chi connectivity index (χ1v) is 11.8. The summed E-state index contributed by atoms with van der Waals surface area (Å²) in [6.07, 6.45) is 2.06. The van der Waals surface area contributed by atoms with E-state index in [0.29, 0.717) is 24.7 Å². The Hall–Kier alpha value is -3.02. The zero-order chi connectivity index (χ0) is 23.5. The van der Waals surface area contributed by atoms with Gasteiger partial charge in [0.05, 0.1) is 26.2 Å². The van der Waals surface area contributed by atoms with Gasteiger partial charge >= 0.3 is 0 Å². The van der Waals surface area contributed by atoms with Crippen molar-refractivity contribution in [2.24, 2.45) is 17.8 Å². The highest BCUT2D eigenvalue weighted by molar-refractivity contribution is 5.97. The van der Waals surface area contributed by atoms with E-state index in [9.17, 15) is 9.59 Å². The molecule has 4 rings (SSSR count). The van der Waals surface area contributed by atoms with Gasteiger partial charge in [0.1, 0.15) is 11.5 Å². The Bertz CT molecular complexity index is 963. The maximum atomic E-state index is 13.9. The molecule has 6 heteroatoms. The number of hydrogen-bond donors (Lipinski definition) is 0. The number of ether oxygens (including phenoxy) is 2. The molecule has 2 saturated heterocycles. The predicted molar refractivity (Wildman–Crippen MR) is 128 cm³/mol. The first kappa shape index (κ1) is 23.1. The molecule has 0 bridgehead atoms. The molecule has 0 aliphatic carbocycles. The second kappa shape index (κ2) is 9.86. The number of carbonyl (C=O) groups is 2. The zero-order valence-electron chi connectivity index (χ0n) is 20.0. The molecule has 2 aliphatic rings. The molecule has 2 fully saturated rings. The van der Waals surface area contributed by atoms with Crippen molar-refractivity contribution in [1.82, 2.24) is 4.90 Å². The van der Waals surface area contributed by atoms with Crippen LogP contribution in [0.3, 0.4) is 0 Å². The molecule has 0 unspecified atom stereocenters. The molecule has 2 aliphatic heterocycles. The average Bonchev–Trinajstić information content (AvgIpc) is 2.83. The molecule has 33 heavy (non-hydrogen) atoms. The van der Waals surface area contributed by atoms with Crippen LogP contribution in [0.1, 0.15) is 44.7 Å². The van der Waals surface area contributed by atoms with Gasteiger partial charge in [-0.3, -0.25) is 9.59 Å². The van der Waals surface area contributed by atoms with Crippen LogP contribution in [0.5, 0.6) is 11.5 Å². The molecule has 2 aromatic carbocycles. The van der Waals surface area contributed by atoms with Crippen LogP contribution in [0.15, 0.2) is 48.5 Å². The number of hydrogen-bond acceptors (Lipinski definition) is 4. The van der Waals surface area contributed by atoms with Crippen LogP contribution in [0.2, 0.25) is 0 Å². The summed E-state index contributed by atoms with van der Waals surface area (Å²) in [7, 11) is 3.25. The molecule has 0 N–H and O–H groups in total. The molecule has 2 amide bonds. The van der Waals surface area contributed by atoms with Gasteiger partial charge in [-0.1, -0.05) is 26.0 Å². The van der Waals surface area contributed by atoms with E-state index in [0.717, 1.165) is 42.3 Å². The number of nitrogens with zero attached hydrogens (tertiary/aromatic N) is 2. The Morgan fingerprint density at radius 2 is 1.42 bits per heavy atom. The minimum Gasteiger partial charge on any atom is -0.497 e. The number of piperidine rings is 2. The highest BCUT2D eigenvalue weighted by atomic mass is 16.5. The molecular formula is C27H34N2O4. The van der Waals surface area contributed by atoms with Crippen molar-refractivity contribution in [1.29, 1.82) is 0 Å². The van der Waals surface area contributed by atoms with E-state index < -0.39 is 0 Å². The van der Waals surface area contributed by atoms with Gasteiger partial charge < -0.3 is 19.3 Å². The minimum absolute atomic E-state index is 0.0328. The average molecular weight is 451 g/mol. The molecule has 176 valence electrons. The molecular weight excluding hydrogens is 416 g/mol. The largest absolute Gasteiger partial charge is 0.497 e. The summed E-state index contributed by atoms with van der Waals surface area (Å²) < 4.78 is 10.6. The second-order valence-electron chi connectivity index (χ2n) is 9.51. The summed E-state index contributed by atoms with van der Waals surface area (Å²) in [4.78, 5) is 31.0.